The molecule has 0 bridgehead atoms. The highest BCUT2D eigenvalue weighted by Gasteiger charge is 2.56. The van der Waals surface area contributed by atoms with E-state index in [1.165, 1.54) is 7.11 Å². The van der Waals surface area contributed by atoms with Crippen LogP contribution in [-0.2, 0) is 4.74 Å². The molecule has 29 heavy (non-hydrogen) atoms. The highest BCUT2D eigenvalue weighted by molar-refractivity contribution is 6.01. The second-order valence-corrected chi connectivity index (χ2v) is 7.25. The van der Waals surface area contributed by atoms with Gasteiger partial charge in [0.1, 0.15) is 0 Å². The number of hydrogen-bond acceptors (Lipinski definition) is 7. The monoisotopic (exact) mass is 387 g/mol. The van der Waals surface area contributed by atoms with Gasteiger partial charge in [-0.1, -0.05) is 25.1 Å². The molecule has 1 fully saturated rings. The molecule has 0 saturated heterocycles. The van der Waals surface area contributed by atoms with Crippen LogP contribution in [-0.4, -0.2) is 43.3 Å². The molecule has 0 radical (unpaired) electrons. The Morgan fingerprint density at radius 3 is 2.45 bits per heavy atom. The fourth-order valence-corrected chi connectivity index (χ4v) is 4.43. The van der Waals surface area contributed by atoms with Crippen LogP contribution < -0.4 is 0 Å². The molecule has 1 heterocycles. The third-order valence-electron chi connectivity index (χ3n) is 6.00. The molecule has 7 heteroatoms. The van der Waals surface area contributed by atoms with Crippen LogP contribution in [0.1, 0.15) is 28.8 Å². The number of nitrogens with one attached hydrogen (secondary N) is 1. The molecule has 7 nitrogen and oxygen atoms in total. The maximum absolute atomic E-state index is 11.7. The number of benzene rings is 1. The van der Waals surface area contributed by atoms with Crippen molar-refractivity contribution in [3.8, 4) is 18.2 Å². The number of likely N-dealkylation sites (N-methyl/N-ethyl adjacent to an activating group) is 1. The number of methoxy groups -OCH3 is 1. The lowest BCUT2D eigenvalue weighted by Crippen LogP contribution is -2.52. The Balaban J connectivity index is 2.15. The summed E-state index contributed by atoms with van der Waals surface area (Å²) >= 11 is 0. The summed E-state index contributed by atoms with van der Waals surface area (Å²) in [7, 11) is 1.31. The molecule has 3 rings (SSSR count). The van der Waals surface area contributed by atoms with Gasteiger partial charge in [-0.3, -0.25) is 4.90 Å². The maximum atomic E-state index is 11.7. The number of nitrogens with zero attached hydrogens (tertiary/aromatic N) is 4. The third kappa shape index (κ3) is 3.09. The fraction of sp³-hybridized carbons (Fsp3) is 0.409. The average Bonchev–Trinajstić information content (AvgIpc) is 2.78. The Morgan fingerprint density at radius 1 is 1.28 bits per heavy atom. The molecular formula is C22H21N5O2. The van der Waals surface area contributed by atoms with Crippen LogP contribution >= 0.6 is 0 Å². The average molecular weight is 387 g/mol. The molecule has 2 aliphatic rings. The quantitative estimate of drug-likeness (QED) is 0.628. The third-order valence-corrected chi connectivity index (χ3v) is 6.00. The zero-order valence-electron chi connectivity index (χ0n) is 16.3. The van der Waals surface area contributed by atoms with E-state index in [0.717, 1.165) is 12.1 Å². The molecule has 0 unspecified atom stereocenters. The van der Waals surface area contributed by atoms with Crippen molar-refractivity contribution in [2.24, 2.45) is 17.3 Å². The van der Waals surface area contributed by atoms with Gasteiger partial charge in [0.05, 0.1) is 42.5 Å². The molecular weight excluding hydrogens is 366 g/mol. The van der Waals surface area contributed by atoms with Crippen LogP contribution in [0.4, 0.5) is 0 Å². The van der Waals surface area contributed by atoms with Gasteiger partial charge >= 0.3 is 5.97 Å². The van der Waals surface area contributed by atoms with E-state index in [9.17, 15) is 20.6 Å². The number of carbonyl (C=O) groups excluding carboxylic acids is 1. The molecule has 1 saturated carbocycles. The predicted molar refractivity (Wildman–Crippen MR) is 105 cm³/mol. The van der Waals surface area contributed by atoms with Crippen molar-refractivity contribution in [1.29, 1.82) is 21.2 Å². The van der Waals surface area contributed by atoms with E-state index in [4.69, 9.17) is 10.1 Å². The van der Waals surface area contributed by atoms with E-state index in [2.05, 4.69) is 11.0 Å². The van der Waals surface area contributed by atoms with Gasteiger partial charge in [0, 0.05) is 24.9 Å². The van der Waals surface area contributed by atoms with Crippen molar-refractivity contribution in [2.45, 2.75) is 12.8 Å². The minimum absolute atomic E-state index is 0.167. The minimum atomic E-state index is -1.70. The van der Waals surface area contributed by atoms with Crippen molar-refractivity contribution >= 4 is 11.7 Å². The molecule has 1 aromatic rings. The second-order valence-electron chi connectivity index (χ2n) is 7.25. The van der Waals surface area contributed by atoms with Crippen molar-refractivity contribution < 1.29 is 9.53 Å². The molecule has 3 atom stereocenters. The molecule has 146 valence electrons. The molecule has 1 aliphatic carbocycles. The summed E-state index contributed by atoms with van der Waals surface area (Å²) in [6.45, 7) is 4.04. The van der Waals surface area contributed by atoms with E-state index >= 15 is 0 Å². The Labute approximate surface area is 169 Å². The van der Waals surface area contributed by atoms with Gasteiger partial charge in [-0.15, -0.1) is 0 Å². The Bertz CT molecular complexity index is 976. The van der Waals surface area contributed by atoms with Gasteiger partial charge < -0.3 is 10.1 Å². The first-order valence-corrected chi connectivity index (χ1v) is 9.39. The summed E-state index contributed by atoms with van der Waals surface area (Å²) in [5, 5.41) is 38.2. The summed E-state index contributed by atoms with van der Waals surface area (Å²) < 4.78 is 4.74. The summed E-state index contributed by atoms with van der Waals surface area (Å²) in [6, 6.07) is 13.1. The summed E-state index contributed by atoms with van der Waals surface area (Å²) in [5.41, 5.74) is -0.0564. The van der Waals surface area contributed by atoms with Crippen LogP contribution in [0.2, 0.25) is 0 Å². The van der Waals surface area contributed by atoms with E-state index in [1.807, 2.05) is 25.1 Å². The van der Waals surface area contributed by atoms with Crippen molar-refractivity contribution in [2.75, 3.05) is 26.7 Å². The first-order chi connectivity index (χ1) is 14.0. The second kappa shape index (κ2) is 7.87. The van der Waals surface area contributed by atoms with Crippen LogP contribution in [0.3, 0.4) is 0 Å². The standard InChI is InChI=1S/C22H21N5O2/c1-3-27-9-8-18-17(11-27)19(14-4-6-15(7-5-14)21(28)29-2)16(10-23)20(26)22(18,12-24)13-25/h4-8,16-17,19,26H,3,9,11H2,1-2H3/t16-,17-,19+/m0/s1. The number of carbonyl (C=O) groups is 1. The number of hydrogen-bond donors (Lipinski definition) is 1. The van der Waals surface area contributed by atoms with Crippen LogP contribution in [0, 0.1) is 56.7 Å². The SMILES string of the molecule is CCN1CC=C2[C@H](C1)[C@H](c1ccc(C(=O)OC)cc1)[C@H](C#N)C(=N)C2(C#N)C#N. The first kappa shape index (κ1) is 20.3. The molecule has 1 aromatic carbocycles. The molecule has 0 aromatic heterocycles. The number of rotatable bonds is 3. The Kier molecular flexibility index (Phi) is 5.50. The largest absolute Gasteiger partial charge is 0.465 e. The fourth-order valence-electron chi connectivity index (χ4n) is 4.43. The number of esters is 1. The van der Waals surface area contributed by atoms with Crippen molar-refractivity contribution in [3.05, 3.63) is 47.0 Å². The summed E-state index contributed by atoms with van der Waals surface area (Å²) in [5.74, 6) is -1.98. The molecule has 1 aliphatic heterocycles. The zero-order chi connectivity index (χ0) is 21.2. The van der Waals surface area contributed by atoms with Gasteiger partial charge in [0.2, 0.25) is 5.41 Å². The maximum Gasteiger partial charge on any atom is 0.337 e. The van der Waals surface area contributed by atoms with Crippen molar-refractivity contribution in [1.82, 2.24) is 4.90 Å². The van der Waals surface area contributed by atoms with Gasteiger partial charge in [-0.2, -0.15) is 15.8 Å². The van der Waals surface area contributed by atoms with Crippen molar-refractivity contribution in [3.63, 3.8) is 0 Å². The van der Waals surface area contributed by atoms with Crippen LogP contribution in [0.25, 0.3) is 0 Å². The van der Waals surface area contributed by atoms with E-state index in [-0.39, 0.29) is 17.5 Å². The lowest BCUT2D eigenvalue weighted by molar-refractivity contribution is 0.0600. The van der Waals surface area contributed by atoms with E-state index < -0.39 is 17.3 Å². The highest BCUT2D eigenvalue weighted by Crippen LogP contribution is 2.52. The molecule has 0 spiro atoms. The first-order valence-electron chi connectivity index (χ1n) is 9.39. The van der Waals surface area contributed by atoms with Gasteiger partial charge in [-0.25, -0.2) is 4.79 Å². The van der Waals surface area contributed by atoms with E-state index in [1.54, 1.807) is 24.3 Å². The number of ether oxygens (including phenoxy) is 1. The summed E-state index contributed by atoms with van der Waals surface area (Å²) in [6.07, 6.45) is 1.88. The smallest absolute Gasteiger partial charge is 0.337 e. The van der Waals surface area contributed by atoms with Gasteiger partial charge in [0.25, 0.3) is 0 Å². The lowest BCUT2D eigenvalue weighted by atomic mass is 9.55. The van der Waals surface area contributed by atoms with E-state index in [0.29, 0.717) is 24.2 Å². The van der Waals surface area contributed by atoms with Gasteiger partial charge in [-0.05, 0) is 29.8 Å². The highest BCUT2D eigenvalue weighted by atomic mass is 16.5. The predicted octanol–water partition coefficient (Wildman–Crippen LogP) is 2.64. The number of fused-ring (bicyclic) bond motifs is 1. The Morgan fingerprint density at radius 2 is 1.93 bits per heavy atom. The van der Waals surface area contributed by atoms with Crippen LogP contribution in [0.5, 0.6) is 0 Å². The van der Waals surface area contributed by atoms with Crippen LogP contribution in [0.15, 0.2) is 35.9 Å². The Hall–Kier alpha value is -3.47. The lowest BCUT2D eigenvalue weighted by Gasteiger charge is -2.47. The molecule has 0 amide bonds. The zero-order valence-corrected chi connectivity index (χ0v) is 16.3. The summed E-state index contributed by atoms with van der Waals surface area (Å²) in [4.78, 5) is 13.9. The normalized spacial score (nSPS) is 25.6. The number of nitriles is 3. The van der Waals surface area contributed by atoms with Gasteiger partial charge in [0.15, 0.2) is 0 Å². The minimum Gasteiger partial charge on any atom is -0.465 e. The topological polar surface area (TPSA) is 125 Å². The molecule has 1 N–H and O–H groups in total.